The zero-order valence-corrected chi connectivity index (χ0v) is 14.0. The average molecular weight is 344 g/mol. The number of aryl methyl sites for hydroxylation is 1. The molecule has 1 aliphatic rings. The molecule has 1 amide bonds. The molecular formula is C17H16N2O4S. The highest BCUT2D eigenvalue weighted by Gasteiger charge is 2.22. The van der Waals surface area contributed by atoms with Crippen molar-refractivity contribution in [1.29, 1.82) is 0 Å². The Morgan fingerprint density at radius 3 is 2.62 bits per heavy atom. The maximum atomic E-state index is 12.6. The molecule has 3 rings (SSSR count). The van der Waals surface area contributed by atoms with Crippen LogP contribution in [0.15, 0.2) is 41.3 Å². The van der Waals surface area contributed by atoms with Gasteiger partial charge in [0.1, 0.15) is 0 Å². The third-order valence-electron chi connectivity index (χ3n) is 3.90. The Morgan fingerprint density at radius 1 is 1.17 bits per heavy atom. The van der Waals surface area contributed by atoms with Crippen molar-refractivity contribution in [1.82, 2.24) is 0 Å². The van der Waals surface area contributed by atoms with Crippen molar-refractivity contribution in [3.05, 3.63) is 53.1 Å². The number of benzene rings is 2. The molecule has 7 heteroatoms. The fourth-order valence-electron chi connectivity index (χ4n) is 2.53. The molecule has 2 aromatic rings. The van der Waals surface area contributed by atoms with Crippen molar-refractivity contribution in [2.75, 3.05) is 10.0 Å². The first kappa shape index (κ1) is 16.2. The summed E-state index contributed by atoms with van der Waals surface area (Å²) in [5.41, 5.74) is 2.78. The molecule has 1 heterocycles. The van der Waals surface area contributed by atoms with Gasteiger partial charge in [0.05, 0.1) is 17.0 Å². The van der Waals surface area contributed by atoms with Gasteiger partial charge in [0.2, 0.25) is 5.91 Å². The highest BCUT2D eigenvalue weighted by molar-refractivity contribution is 7.92. The standard InChI is InChI=1S/C17H16N2O4S/c1-10-3-4-12(11(2)20)8-16(10)19-24(22,23)14-5-6-15-13(7-14)9-17(21)18-15/h3-8,19H,9H2,1-2H3,(H,18,21). The van der Waals surface area contributed by atoms with Crippen molar-refractivity contribution in [3.8, 4) is 0 Å². The van der Waals surface area contributed by atoms with Crippen molar-refractivity contribution >= 4 is 33.1 Å². The topological polar surface area (TPSA) is 92.3 Å². The molecule has 2 N–H and O–H groups in total. The molecule has 0 aliphatic carbocycles. The van der Waals surface area contributed by atoms with Crippen molar-refractivity contribution in [2.45, 2.75) is 25.2 Å². The highest BCUT2D eigenvalue weighted by Crippen LogP contribution is 2.27. The van der Waals surface area contributed by atoms with Crippen LogP contribution in [0.2, 0.25) is 0 Å². The highest BCUT2D eigenvalue weighted by atomic mass is 32.2. The Kier molecular flexibility index (Phi) is 3.88. The molecule has 124 valence electrons. The molecule has 2 aromatic carbocycles. The van der Waals surface area contributed by atoms with Crippen LogP contribution in [0.25, 0.3) is 0 Å². The summed E-state index contributed by atoms with van der Waals surface area (Å²) in [6.07, 6.45) is 0.164. The number of ketones is 1. The van der Waals surface area contributed by atoms with E-state index in [1.54, 1.807) is 25.1 Å². The van der Waals surface area contributed by atoms with Crippen LogP contribution in [0.4, 0.5) is 11.4 Å². The largest absolute Gasteiger partial charge is 0.326 e. The Morgan fingerprint density at radius 2 is 1.92 bits per heavy atom. The van der Waals surface area contributed by atoms with Gasteiger partial charge in [-0.25, -0.2) is 8.42 Å². The van der Waals surface area contributed by atoms with Crippen LogP contribution in [-0.4, -0.2) is 20.1 Å². The molecule has 0 spiro atoms. The molecule has 0 saturated heterocycles. The van der Waals surface area contributed by atoms with E-state index in [2.05, 4.69) is 10.0 Å². The third-order valence-corrected chi connectivity index (χ3v) is 5.26. The third kappa shape index (κ3) is 3.03. The van der Waals surface area contributed by atoms with E-state index in [0.29, 0.717) is 28.1 Å². The van der Waals surface area contributed by atoms with E-state index in [1.807, 2.05) is 0 Å². The van der Waals surface area contributed by atoms with Crippen LogP contribution in [0.5, 0.6) is 0 Å². The van der Waals surface area contributed by atoms with Gasteiger partial charge < -0.3 is 5.32 Å². The molecule has 1 aliphatic heterocycles. The predicted octanol–water partition coefficient (Wildman–Crippen LogP) is 2.49. The second-order valence-electron chi connectivity index (χ2n) is 5.74. The van der Waals surface area contributed by atoms with Gasteiger partial charge in [-0.1, -0.05) is 12.1 Å². The number of nitrogens with one attached hydrogen (secondary N) is 2. The van der Waals surface area contributed by atoms with Gasteiger partial charge in [0.25, 0.3) is 10.0 Å². The number of hydrogen-bond acceptors (Lipinski definition) is 4. The van der Waals surface area contributed by atoms with Gasteiger partial charge in [0.15, 0.2) is 5.78 Å². The number of rotatable bonds is 4. The second-order valence-corrected chi connectivity index (χ2v) is 7.42. The molecule has 24 heavy (non-hydrogen) atoms. The Balaban J connectivity index is 1.95. The fraction of sp³-hybridized carbons (Fsp3) is 0.176. The normalized spacial score (nSPS) is 13.3. The Bertz CT molecular complexity index is 965. The number of sulfonamides is 1. The average Bonchev–Trinajstić information content (AvgIpc) is 2.88. The minimum atomic E-state index is -3.82. The van der Waals surface area contributed by atoms with Crippen LogP contribution >= 0.6 is 0 Å². The summed E-state index contributed by atoms with van der Waals surface area (Å²) in [6, 6.07) is 9.37. The molecule has 0 fully saturated rings. The first-order chi connectivity index (χ1) is 11.3. The molecular weight excluding hydrogens is 328 g/mol. The monoisotopic (exact) mass is 344 g/mol. The van der Waals surface area contributed by atoms with E-state index in [9.17, 15) is 18.0 Å². The summed E-state index contributed by atoms with van der Waals surface area (Å²) in [7, 11) is -3.82. The van der Waals surface area contributed by atoms with Gasteiger partial charge in [-0.15, -0.1) is 0 Å². The lowest BCUT2D eigenvalue weighted by Crippen LogP contribution is -2.14. The quantitative estimate of drug-likeness (QED) is 0.834. The Labute approximate surface area is 139 Å². The summed E-state index contributed by atoms with van der Waals surface area (Å²) in [5.74, 6) is -0.296. The molecule has 6 nitrogen and oxygen atoms in total. The zero-order valence-electron chi connectivity index (χ0n) is 13.2. The minimum absolute atomic E-state index is 0.0744. The molecule has 0 atom stereocenters. The van der Waals surface area contributed by atoms with Crippen LogP contribution in [-0.2, 0) is 21.2 Å². The van der Waals surface area contributed by atoms with E-state index in [0.717, 1.165) is 0 Å². The summed E-state index contributed by atoms with van der Waals surface area (Å²) in [6.45, 7) is 3.18. The number of fused-ring (bicyclic) bond motifs is 1. The summed E-state index contributed by atoms with van der Waals surface area (Å²) >= 11 is 0. The van der Waals surface area contributed by atoms with Crippen molar-refractivity contribution < 1.29 is 18.0 Å². The molecule has 0 unspecified atom stereocenters. The van der Waals surface area contributed by atoms with Crippen LogP contribution in [0.3, 0.4) is 0 Å². The van der Waals surface area contributed by atoms with Crippen LogP contribution < -0.4 is 10.0 Å². The lowest BCUT2D eigenvalue weighted by atomic mass is 10.1. The lowest BCUT2D eigenvalue weighted by molar-refractivity contribution is -0.115. The van der Waals surface area contributed by atoms with E-state index in [1.165, 1.54) is 25.1 Å². The summed E-state index contributed by atoms with van der Waals surface area (Å²) in [4.78, 5) is 23.0. The van der Waals surface area contributed by atoms with Gasteiger partial charge >= 0.3 is 0 Å². The van der Waals surface area contributed by atoms with Crippen LogP contribution in [0.1, 0.15) is 28.4 Å². The van der Waals surface area contributed by atoms with Crippen molar-refractivity contribution in [2.24, 2.45) is 0 Å². The summed E-state index contributed by atoms with van der Waals surface area (Å²) < 4.78 is 27.7. The molecule has 0 aromatic heterocycles. The number of carbonyl (C=O) groups is 2. The molecule has 0 saturated carbocycles. The maximum Gasteiger partial charge on any atom is 0.261 e. The summed E-state index contributed by atoms with van der Waals surface area (Å²) in [5, 5.41) is 2.66. The van der Waals surface area contributed by atoms with E-state index < -0.39 is 10.0 Å². The van der Waals surface area contributed by atoms with Gasteiger partial charge in [-0.05, 0) is 49.2 Å². The van der Waals surface area contributed by atoms with E-state index >= 15 is 0 Å². The van der Waals surface area contributed by atoms with E-state index in [4.69, 9.17) is 0 Å². The molecule has 0 bridgehead atoms. The molecule has 0 radical (unpaired) electrons. The van der Waals surface area contributed by atoms with Gasteiger partial charge in [-0.3, -0.25) is 14.3 Å². The fourth-order valence-corrected chi connectivity index (χ4v) is 3.70. The predicted molar refractivity (Wildman–Crippen MR) is 90.8 cm³/mol. The second kappa shape index (κ2) is 5.76. The first-order valence-corrected chi connectivity index (χ1v) is 8.82. The number of Topliss-reactive ketones (excluding diaryl/α,β-unsaturated/α-hetero) is 1. The SMILES string of the molecule is CC(=O)c1ccc(C)c(NS(=O)(=O)c2ccc3c(c2)CC(=O)N3)c1. The zero-order chi connectivity index (χ0) is 17.5. The number of amides is 1. The van der Waals surface area contributed by atoms with Crippen molar-refractivity contribution in [3.63, 3.8) is 0 Å². The minimum Gasteiger partial charge on any atom is -0.326 e. The lowest BCUT2D eigenvalue weighted by Gasteiger charge is -2.12. The van der Waals surface area contributed by atoms with Gasteiger partial charge in [-0.2, -0.15) is 0 Å². The number of anilines is 2. The van der Waals surface area contributed by atoms with E-state index in [-0.39, 0.29) is 23.0 Å². The van der Waals surface area contributed by atoms with Gasteiger partial charge in [0, 0.05) is 11.3 Å². The maximum absolute atomic E-state index is 12.6. The Hall–Kier alpha value is -2.67. The number of carbonyl (C=O) groups excluding carboxylic acids is 2. The number of hydrogen-bond donors (Lipinski definition) is 2. The first-order valence-electron chi connectivity index (χ1n) is 7.33. The van der Waals surface area contributed by atoms with Crippen LogP contribution in [0, 0.1) is 6.92 Å². The smallest absolute Gasteiger partial charge is 0.261 e.